The second-order valence-electron chi connectivity index (χ2n) is 7.45. The first-order chi connectivity index (χ1) is 12.7. The number of aliphatic hydroxyl groups is 1. The lowest BCUT2D eigenvalue weighted by atomic mass is 9.78. The molecule has 0 unspecified atom stereocenters. The Balaban J connectivity index is 1.76. The van der Waals surface area contributed by atoms with Crippen molar-refractivity contribution < 1.29 is 23.1 Å². The molecule has 1 N–H and O–H groups in total. The van der Waals surface area contributed by atoms with Crippen LogP contribution in [0.3, 0.4) is 0 Å². The van der Waals surface area contributed by atoms with E-state index in [4.69, 9.17) is 4.74 Å². The van der Waals surface area contributed by atoms with Crippen molar-refractivity contribution in [1.82, 2.24) is 4.31 Å². The Morgan fingerprint density at radius 1 is 1.07 bits per heavy atom. The highest BCUT2D eigenvalue weighted by atomic mass is 32.2. The van der Waals surface area contributed by atoms with Gasteiger partial charge in [-0.3, -0.25) is 4.79 Å². The molecule has 8 nitrogen and oxygen atoms in total. The minimum absolute atomic E-state index is 0.0284. The van der Waals surface area contributed by atoms with E-state index in [0.29, 0.717) is 44.8 Å². The number of carbonyl (C=O) groups is 1. The molecule has 1 fully saturated rings. The number of benzene rings is 1. The van der Waals surface area contributed by atoms with Crippen LogP contribution < -0.4 is 0 Å². The van der Waals surface area contributed by atoms with Crippen molar-refractivity contribution in [3.05, 3.63) is 35.7 Å². The second kappa shape index (κ2) is 7.49. The van der Waals surface area contributed by atoms with Crippen molar-refractivity contribution in [1.29, 1.82) is 0 Å². The van der Waals surface area contributed by atoms with E-state index in [-0.39, 0.29) is 27.5 Å². The molecule has 1 saturated heterocycles. The lowest BCUT2D eigenvalue weighted by Gasteiger charge is -2.27. The van der Waals surface area contributed by atoms with E-state index < -0.39 is 10.0 Å². The van der Waals surface area contributed by atoms with Gasteiger partial charge in [-0.2, -0.15) is 9.42 Å². The Kier molecular flexibility index (Phi) is 5.45. The summed E-state index contributed by atoms with van der Waals surface area (Å²) in [6, 6.07) is 5.95. The number of sulfonamides is 1. The first kappa shape index (κ1) is 19.7. The van der Waals surface area contributed by atoms with Crippen LogP contribution in [0, 0.1) is 5.41 Å². The number of morpholine rings is 1. The van der Waals surface area contributed by atoms with E-state index in [9.17, 15) is 18.3 Å². The molecule has 1 aliphatic carbocycles. The standard InChI is InChI=1S/C18H23N3O5S/c1-18(2)11-15(22)17(16(23)12-18)20-19-13-3-5-14(6-4-13)27(24,25)21-7-9-26-10-8-21/h3-6,22H,7-12H2,1-2H3. The van der Waals surface area contributed by atoms with Gasteiger partial charge in [0.1, 0.15) is 5.76 Å². The predicted molar refractivity (Wildman–Crippen MR) is 98.2 cm³/mol. The van der Waals surface area contributed by atoms with Crippen LogP contribution in [0.5, 0.6) is 0 Å². The number of rotatable bonds is 4. The monoisotopic (exact) mass is 393 g/mol. The van der Waals surface area contributed by atoms with Gasteiger partial charge in [0.2, 0.25) is 10.0 Å². The van der Waals surface area contributed by atoms with Crippen molar-refractivity contribution >= 4 is 21.5 Å². The maximum atomic E-state index is 12.6. The summed E-state index contributed by atoms with van der Waals surface area (Å²) in [7, 11) is -3.57. The van der Waals surface area contributed by atoms with Crippen LogP contribution >= 0.6 is 0 Å². The molecule has 3 rings (SSSR count). The molecule has 0 amide bonds. The summed E-state index contributed by atoms with van der Waals surface area (Å²) in [5.74, 6) is -0.314. The summed E-state index contributed by atoms with van der Waals surface area (Å²) in [5, 5.41) is 17.9. The maximum Gasteiger partial charge on any atom is 0.243 e. The van der Waals surface area contributed by atoms with Crippen LogP contribution in [0.15, 0.2) is 50.8 Å². The predicted octanol–water partition coefficient (Wildman–Crippen LogP) is 2.95. The molecule has 0 aromatic heterocycles. The Bertz CT molecular complexity index is 882. The summed E-state index contributed by atoms with van der Waals surface area (Å²) < 4.78 is 31.7. The SMILES string of the molecule is CC1(C)CC(=O)C(N=Nc2ccc(S(=O)(=O)N3CCOCC3)cc2)=C(O)C1. The Labute approximate surface area is 158 Å². The number of ether oxygens (including phenoxy) is 1. The molecule has 1 aliphatic heterocycles. The van der Waals surface area contributed by atoms with Crippen molar-refractivity contribution in [2.75, 3.05) is 26.3 Å². The molecular weight excluding hydrogens is 370 g/mol. The zero-order valence-electron chi connectivity index (χ0n) is 15.4. The third-order valence-electron chi connectivity index (χ3n) is 4.53. The molecular formula is C18H23N3O5S. The smallest absolute Gasteiger partial charge is 0.243 e. The number of hydrogen-bond donors (Lipinski definition) is 1. The van der Waals surface area contributed by atoms with Crippen molar-refractivity contribution in [3.8, 4) is 0 Å². The lowest BCUT2D eigenvalue weighted by Crippen LogP contribution is -2.40. The van der Waals surface area contributed by atoms with Crippen LogP contribution in [-0.2, 0) is 19.6 Å². The van der Waals surface area contributed by atoms with Gasteiger partial charge >= 0.3 is 0 Å². The number of aliphatic hydroxyl groups excluding tert-OH is 1. The van der Waals surface area contributed by atoms with Gasteiger partial charge in [-0.15, -0.1) is 5.11 Å². The third kappa shape index (κ3) is 4.42. The molecule has 2 aliphatic rings. The van der Waals surface area contributed by atoms with Gasteiger partial charge in [-0.05, 0) is 29.7 Å². The highest BCUT2D eigenvalue weighted by Crippen LogP contribution is 2.36. The number of nitrogens with zero attached hydrogens (tertiary/aromatic N) is 3. The van der Waals surface area contributed by atoms with E-state index in [1.165, 1.54) is 28.6 Å². The first-order valence-corrected chi connectivity index (χ1v) is 10.2. The molecule has 27 heavy (non-hydrogen) atoms. The van der Waals surface area contributed by atoms with Gasteiger partial charge in [-0.25, -0.2) is 8.42 Å². The minimum Gasteiger partial charge on any atom is -0.510 e. The Morgan fingerprint density at radius 3 is 2.30 bits per heavy atom. The largest absolute Gasteiger partial charge is 0.510 e. The molecule has 9 heteroatoms. The fourth-order valence-corrected chi connectivity index (χ4v) is 4.53. The van der Waals surface area contributed by atoms with E-state index >= 15 is 0 Å². The summed E-state index contributed by atoms with van der Waals surface area (Å²) in [6.07, 6.45) is 0.659. The van der Waals surface area contributed by atoms with Gasteiger partial charge in [0.15, 0.2) is 11.5 Å². The molecule has 1 heterocycles. The van der Waals surface area contributed by atoms with Crippen LogP contribution in [-0.4, -0.2) is 49.9 Å². The number of azo groups is 1. The summed E-state index contributed by atoms with van der Waals surface area (Å²) in [6.45, 7) is 5.24. The Hall–Kier alpha value is -2.10. The fourth-order valence-electron chi connectivity index (χ4n) is 3.12. The number of carbonyl (C=O) groups excluding carboxylic acids is 1. The third-order valence-corrected chi connectivity index (χ3v) is 6.45. The minimum atomic E-state index is -3.57. The van der Waals surface area contributed by atoms with Crippen LogP contribution in [0.2, 0.25) is 0 Å². The van der Waals surface area contributed by atoms with E-state index in [0.717, 1.165) is 0 Å². The van der Waals surface area contributed by atoms with Gasteiger partial charge in [0.25, 0.3) is 0 Å². The molecule has 0 bridgehead atoms. The van der Waals surface area contributed by atoms with E-state index in [1.54, 1.807) is 0 Å². The van der Waals surface area contributed by atoms with Crippen LogP contribution in [0.25, 0.3) is 0 Å². The lowest BCUT2D eigenvalue weighted by molar-refractivity contribution is -0.118. The van der Waals surface area contributed by atoms with E-state index in [1.807, 2.05) is 13.8 Å². The number of hydrogen-bond acceptors (Lipinski definition) is 7. The van der Waals surface area contributed by atoms with Gasteiger partial charge in [0.05, 0.1) is 23.8 Å². The molecule has 146 valence electrons. The second-order valence-corrected chi connectivity index (χ2v) is 9.38. The zero-order chi connectivity index (χ0) is 19.7. The van der Waals surface area contributed by atoms with Crippen LogP contribution in [0.1, 0.15) is 26.7 Å². The van der Waals surface area contributed by atoms with Gasteiger partial charge in [0, 0.05) is 25.9 Å². The summed E-state index contributed by atoms with van der Waals surface area (Å²) in [5.41, 5.74) is 0.0728. The molecule has 1 aromatic carbocycles. The quantitative estimate of drug-likeness (QED) is 0.791. The van der Waals surface area contributed by atoms with Crippen molar-refractivity contribution in [2.45, 2.75) is 31.6 Å². The van der Waals surface area contributed by atoms with Crippen molar-refractivity contribution in [2.24, 2.45) is 15.6 Å². The van der Waals surface area contributed by atoms with E-state index in [2.05, 4.69) is 10.2 Å². The summed E-state index contributed by atoms with van der Waals surface area (Å²) in [4.78, 5) is 12.3. The number of Topliss-reactive ketones (excluding diaryl/α,β-unsaturated/α-hetero) is 1. The topological polar surface area (TPSA) is 109 Å². The Morgan fingerprint density at radius 2 is 1.70 bits per heavy atom. The van der Waals surface area contributed by atoms with Crippen LogP contribution in [0.4, 0.5) is 5.69 Å². The molecule has 1 aromatic rings. The zero-order valence-corrected chi connectivity index (χ0v) is 16.2. The van der Waals surface area contributed by atoms with Crippen molar-refractivity contribution in [3.63, 3.8) is 0 Å². The average molecular weight is 393 g/mol. The molecule has 0 atom stereocenters. The fraction of sp³-hybridized carbons (Fsp3) is 0.500. The number of ketones is 1. The molecule has 0 spiro atoms. The maximum absolute atomic E-state index is 12.6. The normalized spacial score (nSPS) is 21.8. The summed E-state index contributed by atoms with van der Waals surface area (Å²) >= 11 is 0. The average Bonchev–Trinajstić information content (AvgIpc) is 2.61. The highest BCUT2D eigenvalue weighted by Gasteiger charge is 2.33. The number of allylic oxidation sites excluding steroid dienone is 2. The van der Waals surface area contributed by atoms with Gasteiger partial charge < -0.3 is 9.84 Å². The highest BCUT2D eigenvalue weighted by molar-refractivity contribution is 7.89. The molecule has 0 radical (unpaired) electrons. The first-order valence-electron chi connectivity index (χ1n) is 8.74. The van der Waals surface area contributed by atoms with Gasteiger partial charge in [-0.1, -0.05) is 13.8 Å². The molecule has 0 saturated carbocycles.